The molecule has 0 aliphatic heterocycles. The molecule has 160 valence electrons. The van der Waals surface area contributed by atoms with Crippen molar-refractivity contribution < 1.29 is 9.59 Å². The van der Waals surface area contributed by atoms with Gasteiger partial charge in [-0.05, 0) is 58.4 Å². The van der Waals surface area contributed by atoms with Gasteiger partial charge in [0, 0.05) is 24.8 Å². The maximum atomic E-state index is 13.4. The summed E-state index contributed by atoms with van der Waals surface area (Å²) in [6, 6.07) is 14.5. The van der Waals surface area contributed by atoms with Crippen molar-refractivity contribution in [2.75, 3.05) is 0 Å². The molecule has 4 heterocycles. The molecule has 0 fully saturated rings. The molecule has 9 heteroatoms. The van der Waals surface area contributed by atoms with Gasteiger partial charge in [-0.3, -0.25) is 29.4 Å². The number of thiophene rings is 2. The average Bonchev–Trinajstić information content (AvgIpc) is 3.56. The number of rotatable bonds is 6. The zero-order chi connectivity index (χ0) is 22.3. The van der Waals surface area contributed by atoms with Crippen LogP contribution in [0.4, 0.5) is 0 Å². The van der Waals surface area contributed by atoms with E-state index in [9.17, 15) is 9.59 Å². The number of hydrogen-bond donors (Lipinski definition) is 0. The van der Waals surface area contributed by atoms with Gasteiger partial charge in [0.15, 0.2) is 5.11 Å². The second kappa shape index (κ2) is 10.4. The standard InChI is InChI=1S/C23H18N4O2S3/c28-21(19-7-3-11-31-19)26(15-17-5-1-9-24-13-17)23(30)27(16-18-6-2-10-25-14-18)22(29)20-8-4-12-32-20/h1-14H,15-16H2. The maximum absolute atomic E-state index is 13.4. The number of amides is 2. The Morgan fingerprint density at radius 3 is 1.56 bits per heavy atom. The highest BCUT2D eigenvalue weighted by molar-refractivity contribution is 7.80. The molecule has 0 bridgehead atoms. The lowest BCUT2D eigenvalue weighted by Crippen LogP contribution is -2.47. The molecule has 0 saturated heterocycles. The Balaban J connectivity index is 1.70. The number of carbonyl (C=O) groups excluding carboxylic acids is 2. The minimum atomic E-state index is -0.260. The van der Waals surface area contributed by atoms with Gasteiger partial charge in [-0.2, -0.15) is 0 Å². The summed E-state index contributed by atoms with van der Waals surface area (Å²) in [5.41, 5.74) is 1.62. The molecule has 4 aromatic heterocycles. The normalized spacial score (nSPS) is 10.5. The van der Waals surface area contributed by atoms with Crippen LogP contribution in [0.3, 0.4) is 0 Å². The van der Waals surface area contributed by atoms with Crippen molar-refractivity contribution in [3.05, 3.63) is 105 Å². The van der Waals surface area contributed by atoms with E-state index in [1.807, 2.05) is 35.0 Å². The molecular weight excluding hydrogens is 460 g/mol. The van der Waals surface area contributed by atoms with E-state index in [2.05, 4.69) is 9.97 Å². The van der Waals surface area contributed by atoms with Gasteiger partial charge < -0.3 is 0 Å². The van der Waals surface area contributed by atoms with Crippen LogP contribution in [-0.4, -0.2) is 36.7 Å². The molecule has 4 rings (SSSR count). The lowest BCUT2D eigenvalue weighted by atomic mass is 10.2. The first-order valence-corrected chi connectivity index (χ1v) is 11.8. The largest absolute Gasteiger partial charge is 0.279 e. The average molecular weight is 479 g/mol. The van der Waals surface area contributed by atoms with E-state index in [4.69, 9.17) is 12.2 Å². The summed E-state index contributed by atoms with van der Waals surface area (Å²) < 4.78 is 0. The molecule has 32 heavy (non-hydrogen) atoms. The fraction of sp³-hybridized carbons (Fsp3) is 0.0870. The van der Waals surface area contributed by atoms with Gasteiger partial charge >= 0.3 is 0 Å². The molecule has 2 amide bonds. The second-order valence-electron chi connectivity index (χ2n) is 6.74. The number of thiocarbonyl (C=S) groups is 1. The van der Waals surface area contributed by atoms with Crippen LogP contribution in [-0.2, 0) is 13.1 Å². The first kappa shape index (κ1) is 21.9. The lowest BCUT2D eigenvalue weighted by Gasteiger charge is -2.31. The van der Waals surface area contributed by atoms with Crippen LogP contribution in [0, 0.1) is 0 Å². The highest BCUT2D eigenvalue weighted by Gasteiger charge is 2.30. The third kappa shape index (κ3) is 5.13. The maximum Gasteiger partial charge on any atom is 0.270 e. The summed E-state index contributed by atoms with van der Waals surface area (Å²) in [6.07, 6.45) is 6.71. The van der Waals surface area contributed by atoms with Crippen LogP contribution in [0.2, 0.25) is 0 Å². The van der Waals surface area contributed by atoms with Gasteiger partial charge in [0.1, 0.15) is 0 Å². The fourth-order valence-electron chi connectivity index (χ4n) is 3.01. The highest BCUT2D eigenvalue weighted by atomic mass is 32.1. The Labute approximate surface area is 198 Å². The molecule has 6 nitrogen and oxygen atoms in total. The Morgan fingerprint density at radius 2 is 1.22 bits per heavy atom. The van der Waals surface area contributed by atoms with E-state index >= 15 is 0 Å². The monoisotopic (exact) mass is 478 g/mol. The first-order chi connectivity index (χ1) is 15.6. The van der Waals surface area contributed by atoms with E-state index in [-0.39, 0.29) is 30.0 Å². The zero-order valence-electron chi connectivity index (χ0n) is 16.8. The van der Waals surface area contributed by atoms with Gasteiger partial charge in [0.05, 0.1) is 22.8 Å². The number of hydrogen-bond acceptors (Lipinski definition) is 7. The van der Waals surface area contributed by atoms with Crippen molar-refractivity contribution >= 4 is 51.8 Å². The topological polar surface area (TPSA) is 66.4 Å². The fourth-order valence-corrected chi connectivity index (χ4v) is 4.65. The smallest absolute Gasteiger partial charge is 0.270 e. The van der Waals surface area contributed by atoms with Crippen LogP contribution < -0.4 is 0 Å². The molecule has 0 aliphatic rings. The molecule has 0 saturated carbocycles. The van der Waals surface area contributed by atoms with Crippen LogP contribution in [0.5, 0.6) is 0 Å². The molecule has 0 aromatic carbocycles. The van der Waals surface area contributed by atoms with Gasteiger partial charge in [-0.1, -0.05) is 24.3 Å². The molecule has 0 unspecified atom stereocenters. The Kier molecular flexibility index (Phi) is 7.10. The number of carbonyl (C=O) groups is 2. The minimum absolute atomic E-state index is 0.134. The van der Waals surface area contributed by atoms with E-state index in [1.54, 1.807) is 49.1 Å². The van der Waals surface area contributed by atoms with Crippen molar-refractivity contribution in [3.8, 4) is 0 Å². The summed E-state index contributed by atoms with van der Waals surface area (Å²) in [7, 11) is 0. The van der Waals surface area contributed by atoms with Gasteiger partial charge in [0.2, 0.25) is 0 Å². The summed E-state index contributed by atoms with van der Waals surface area (Å²) >= 11 is 8.44. The van der Waals surface area contributed by atoms with Gasteiger partial charge in [-0.15, -0.1) is 22.7 Å². The molecule has 0 N–H and O–H groups in total. The molecule has 0 atom stereocenters. The first-order valence-electron chi connectivity index (χ1n) is 9.66. The van der Waals surface area contributed by atoms with Crippen molar-refractivity contribution in [2.45, 2.75) is 13.1 Å². The second-order valence-corrected chi connectivity index (χ2v) is 9.00. The van der Waals surface area contributed by atoms with Crippen molar-refractivity contribution in [3.63, 3.8) is 0 Å². The van der Waals surface area contributed by atoms with Crippen LogP contribution in [0.25, 0.3) is 0 Å². The molecule has 4 aromatic rings. The third-order valence-electron chi connectivity index (χ3n) is 4.54. The number of aromatic nitrogens is 2. The summed E-state index contributed by atoms with van der Waals surface area (Å²) in [4.78, 5) is 39.1. The van der Waals surface area contributed by atoms with Crippen molar-refractivity contribution in [1.29, 1.82) is 0 Å². The summed E-state index contributed by atoms with van der Waals surface area (Å²) in [5, 5.41) is 3.81. The summed E-state index contributed by atoms with van der Waals surface area (Å²) in [5.74, 6) is -0.520. The number of nitrogens with zero attached hydrogens (tertiary/aromatic N) is 4. The predicted octanol–water partition coefficient (Wildman–Crippen LogP) is 4.87. The van der Waals surface area contributed by atoms with E-state index in [1.165, 1.54) is 32.5 Å². The lowest BCUT2D eigenvalue weighted by molar-refractivity contribution is 0.0781. The zero-order valence-corrected chi connectivity index (χ0v) is 19.3. The highest BCUT2D eigenvalue weighted by Crippen LogP contribution is 2.21. The minimum Gasteiger partial charge on any atom is -0.279 e. The molecule has 0 aliphatic carbocycles. The van der Waals surface area contributed by atoms with Crippen molar-refractivity contribution in [2.24, 2.45) is 0 Å². The SMILES string of the molecule is O=C(c1cccs1)N(Cc1cccnc1)C(=S)N(Cc1cccnc1)C(=O)c1cccs1. The predicted molar refractivity (Wildman–Crippen MR) is 129 cm³/mol. The van der Waals surface area contributed by atoms with Crippen molar-refractivity contribution in [1.82, 2.24) is 19.8 Å². The van der Waals surface area contributed by atoms with Gasteiger partial charge in [-0.25, -0.2) is 0 Å². The molecule has 0 radical (unpaired) electrons. The van der Waals surface area contributed by atoms with Crippen LogP contribution in [0.1, 0.15) is 30.5 Å². The number of pyridine rings is 2. The Hall–Kier alpha value is -3.27. The summed E-state index contributed by atoms with van der Waals surface area (Å²) in [6.45, 7) is 0.398. The van der Waals surface area contributed by atoms with E-state index in [0.29, 0.717) is 9.75 Å². The van der Waals surface area contributed by atoms with E-state index in [0.717, 1.165) is 11.1 Å². The molecular formula is C23H18N4O2S3. The van der Waals surface area contributed by atoms with E-state index < -0.39 is 0 Å². The Bertz CT molecular complexity index is 1090. The third-order valence-corrected chi connectivity index (χ3v) is 6.70. The van der Waals surface area contributed by atoms with Crippen LogP contribution >= 0.6 is 34.9 Å². The van der Waals surface area contributed by atoms with Gasteiger partial charge in [0.25, 0.3) is 11.8 Å². The molecule has 0 spiro atoms. The van der Waals surface area contributed by atoms with Crippen LogP contribution in [0.15, 0.2) is 84.1 Å². The quantitative estimate of drug-likeness (QED) is 0.370. The Morgan fingerprint density at radius 1 is 0.750 bits per heavy atom.